The van der Waals surface area contributed by atoms with E-state index in [9.17, 15) is 26.7 Å². The van der Waals surface area contributed by atoms with E-state index in [0.29, 0.717) is 18.4 Å². The third-order valence-corrected chi connectivity index (χ3v) is 4.85. The lowest BCUT2D eigenvalue weighted by Gasteiger charge is -2.18. The summed E-state index contributed by atoms with van der Waals surface area (Å²) < 4.78 is 70.2. The first-order valence-corrected chi connectivity index (χ1v) is 9.08. The fraction of sp³-hybridized carbons (Fsp3) is 0.444. The molecule has 1 saturated carbocycles. The van der Waals surface area contributed by atoms with Gasteiger partial charge >= 0.3 is 12.8 Å². The molecule has 0 saturated heterocycles. The van der Waals surface area contributed by atoms with E-state index < -0.39 is 35.5 Å². The number of nitrogens with zero attached hydrogens (tertiary/aromatic N) is 2. The number of halogens is 6. The van der Waals surface area contributed by atoms with Crippen molar-refractivity contribution in [2.24, 2.45) is 0 Å². The molecule has 1 amide bonds. The van der Waals surface area contributed by atoms with Gasteiger partial charge in [0.1, 0.15) is 11.8 Å². The third kappa shape index (κ3) is 4.63. The number of aromatic nitrogens is 2. The van der Waals surface area contributed by atoms with E-state index in [0.717, 1.165) is 4.68 Å². The lowest BCUT2D eigenvalue weighted by Crippen LogP contribution is -2.26. The molecule has 0 aliphatic heterocycles. The molecule has 0 bridgehead atoms. The second kappa shape index (κ2) is 7.81. The topological polar surface area (TPSA) is 56.2 Å². The van der Waals surface area contributed by atoms with Gasteiger partial charge in [-0.15, -0.1) is 0 Å². The first-order valence-electron chi connectivity index (χ1n) is 8.70. The number of ether oxygens (including phenoxy) is 1. The van der Waals surface area contributed by atoms with Gasteiger partial charge in [0.15, 0.2) is 5.69 Å². The minimum atomic E-state index is -4.77. The van der Waals surface area contributed by atoms with Gasteiger partial charge in [-0.2, -0.15) is 27.1 Å². The zero-order valence-electron chi connectivity index (χ0n) is 15.4. The summed E-state index contributed by atoms with van der Waals surface area (Å²) in [6.45, 7) is -0.101. The van der Waals surface area contributed by atoms with Crippen LogP contribution in [0, 0.1) is 6.92 Å². The number of rotatable bonds is 6. The summed E-state index contributed by atoms with van der Waals surface area (Å²) in [6, 6.07) is 3.09. The highest BCUT2D eigenvalue weighted by Crippen LogP contribution is 2.47. The molecule has 1 aliphatic carbocycles. The minimum Gasteiger partial charge on any atom is -0.433 e. The standard InChI is InChI=1S/C18H17ClF5N3O2/c1-8-3-6-11(12(7-8)29-17(20)21)25-16(28)9(2)27-14(10-4-5-10)13(19)15(26-27)18(22,23)24/h3,6-7,9-10,17H,4-5H2,1-2H3,(H,25,28). The Kier molecular flexibility index (Phi) is 5.75. The lowest BCUT2D eigenvalue weighted by atomic mass is 10.2. The van der Waals surface area contributed by atoms with Gasteiger partial charge in [-0.25, -0.2) is 0 Å². The highest BCUT2D eigenvalue weighted by Gasteiger charge is 2.43. The molecule has 0 radical (unpaired) electrons. The highest BCUT2D eigenvalue weighted by molar-refractivity contribution is 6.32. The molecule has 29 heavy (non-hydrogen) atoms. The zero-order chi connectivity index (χ0) is 21.5. The maximum atomic E-state index is 13.2. The molecule has 1 unspecified atom stereocenters. The molecule has 5 nitrogen and oxygen atoms in total. The number of carbonyl (C=O) groups excluding carboxylic acids is 1. The molecule has 1 heterocycles. The molecule has 3 rings (SSSR count). The molecule has 1 aromatic heterocycles. The van der Waals surface area contributed by atoms with Crippen molar-refractivity contribution < 1.29 is 31.5 Å². The van der Waals surface area contributed by atoms with Crippen molar-refractivity contribution in [2.75, 3.05) is 5.32 Å². The van der Waals surface area contributed by atoms with Gasteiger partial charge in [0, 0.05) is 5.92 Å². The smallest absolute Gasteiger partial charge is 0.433 e. The van der Waals surface area contributed by atoms with Crippen molar-refractivity contribution in [3.63, 3.8) is 0 Å². The number of benzene rings is 1. The van der Waals surface area contributed by atoms with Gasteiger partial charge in [0.25, 0.3) is 0 Å². The van der Waals surface area contributed by atoms with E-state index >= 15 is 0 Å². The molecule has 11 heteroatoms. The molecule has 1 atom stereocenters. The highest BCUT2D eigenvalue weighted by atomic mass is 35.5. The van der Waals surface area contributed by atoms with Crippen LogP contribution < -0.4 is 10.1 Å². The van der Waals surface area contributed by atoms with E-state index in [-0.39, 0.29) is 23.0 Å². The van der Waals surface area contributed by atoms with Crippen LogP contribution >= 0.6 is 11.6 Å². The summed E-state index contributed by atoms with van der Waals surface area (Å²) in [5, 5.41) is 5.43. The summed E-state index contributed by atoms with van der Waals surface area (Å²) in [5.74, 6) is -1.21. The number of aryl methyl sites for hydroxylation is 1. The summed E-state index contributed by atoms with van der Waals surface area (Å²) >= 11 is 5.92. The predicted molar refractivity (Wildman–Crippen MR) is 95.4 cm³/mol. The molecule has 1 aliphatic rings. The molecule has 1 aromatic carbocycles. The Hall–Kier alpha value is -2.36. The molecular weight excluding hydrogens is 421 g/mol. The van der Waals surface area contributed by atoms with Gasteiger partial charge in [-0.3, -0.25) is 9.48 Å². The zero-order valence-corrected chi connectivity index (χ0v) is 16.1. The van der Waals surface area contributed by atoms with Crippen molar-refractivity contribution in [2.45, 2.75) is 51.4 Å². The predicted octanol–water partition coefficient (Wildman–Crippen LogP) is 5.54. The van der Waals surface area contributed by atoms with E-state index in [1.807, 2.05) is 0 Å². The van der Waals surface area contributed by atoms with Crippen molar-refractivity contribution in [3.05, 3.63) is 40.2 Å². The Morgan fingerprint density at radius 3 is 2.55 bits per heavy atom. The molecule has 2 aromatic rings. The van der Waals surface area contributed by atoms with Crippen LogP contribution in [-0.2, 0) is 11.0 Å². The average molecular weight is 438 g/mol. The van der Waals surface area contributed by atoms with Crippen LogP contribution in [0.3, 0.4) is 0 Å². The van der Waals surface area contributed by atoms with Gasteiger partial charge < -0.3 is 10.1 Å². The Morgan fingerprint density at radius 2 is 2.00 bits per heavy atom. The Morgan fingerprint density at radius 1 is 1.34 bits per heavy atom. The van der Waals surface area contributed by atoms with Crippen molar-refractivity contribution in [1.82, 2.24) is 9.78 Å². The molecule has 1 fully saturated rings. The molecule has 158 valence electrons. The number of carbonyl (C=O) groups is 1. The normalized spacial score (nSPS) is 15.5. The van der Waals surface area contributed by atoms with Crippen LogP contribution in [0.1, 0.15) is 48.7 Å². The van der Waals surface area contributed by atoms with Gasteiger partial charge in [-0.05, 0) is 44.4 Å². The van der Waals surface area contributed by atoms with Crippen molar-refractivity contribution >= 4 is 23.2 Å². The maximum absolute atomic E-state index is 13.2. The van der Waals surface area contributed by atoms with E-state index in [4.69, 9.17) is 11.6 Å². The number of amides is 1. The third-order valence-electron chi connectivity index (χ3n) is 4.48. The number of hydrogen-bond donors (Lipinski definition) is 1. The minimum absolute atomic E-state index is 0.0324. The van der Waals surface area contributed by atoms with Crippen LogP contribution in [0.25, 0.3) is 0 Å². The SMILES string of the molecule is Cc1ccc(NC(=O)C(C)n2nc(C(F)(F)F)c(Cl)c2C2CC2)c(OC(F)F)c1. The van der Waals surface area contributed by atoms with Crippen molar-refractivity contribution in [3.8, 4) is 5.75 Å². The Labute approximate surface area is 167 Å². The van der Waals surface area contributed by atoms with Gasteiger partial charge in [0.05, 0.1) is 16.4 Å². The van der Waals surface area contributed by atoms with Crippen LogP contribution in [-0.4, -0.2) is 22.3 Å². The van der Waals surface area contributed by atoms with Crippen LogP contribution in [0.5, 0.6) is 5.75 Å². The fourth-order valence-electron chi connectivity index (χ4n) is 2.90. The molecule has 0 spiro atoms. The summed E-state index contributed by atoms with van der Waals surface area (Å²) in [6.07, 6.45) is -3.49. The Balaban J connectivity index is 1.90. The lowest BCUT2D eigenvalue weighted by molar-refractivity contribution is -0.141. The van der Waals surface area contributed by atoms with E-state index in [1.165, 1.54) is 19.1 Å². The molecular formula is C18H17ClF5N3O2. The van der Waals surface area contributed by atoms with Crippen LogP contribution in [0.15, 0.2) is 18.2 Å². The van der Waals surface area contributed by atoms with E-state index in [2.05, 4.69) is 15.2 Å². The first-order chi connectivity index (χ1) is 13.5. The summed E-state index contributed by atoms with van der Waals surface area (Å²) in [7, 11) is 0. The van der Waals surface area contributed by atoms with Crippen LogP contribution in [0.4, 0.5) is 27.6 Å². The monoisotopic (exact) mass is 437 g/mol. The molecule has 1 N–H and O–H groups in total. The van der Waals surface area contributed by atoms with Gasteiger partial charge in [-0.1, -0.05) is 17.7 Å². The summed E-state index contributed by atoms with van der Waals surface area (Å²) in [4.78, 5) is 12.7. The summed E-state index contributed by atoms with van der Waals surface area (Å²) in [5.41, 5.74) is -0.515. The number of alkyl halides is 5. The Bertz CT molecular complexity index is 925. The average Bonchev–Trinajstić information content (AvgIpc) is 3.37. The fourth-order valence-corrected chi connectivity index (χ4v) is 3.29. The number of nitrogens with one attached hydrogen (secondary N) is 1. The van der Waals surface area contributed by atoms with Crippen LogP contribution in [0.2, 0.25) is 5.02 Å². The van der Waals surface area contributed by atoms with E-state index in [1.54, 1.807) is 13.0 Å². The first kappa shape index (κ1) is 21.4. The number of hydrogen-bond acceptors (Lipinski definition) is 3. The second-order valence-electron chi connectivity index (χ2n) is 6.81. The quantitative estimate of drug-likeness (QED) is 0.603. The van der Waals surface area contributed by atoms with Gasteiger partial charge in [0.2, 0.25) is 5.91 Å². The number of anilines is 1. The van der Waals surface area contributed by atoms with Crippen molar-refractivity contribution in [1.29, 1.82) is 0 Å². The maximum Gasteiger partial charge on any atom is 0.436 e. The largest absolute Gasteiger partial charge is 0.436 e. The second-order valence-corrected chi connectivity index (χ2v) is 7.19.